The molecule has 2 heterocycles. The van der Waals surface area contributed by atoms with E-state index in [2.05, 4.69) is 29.4 Å². The third kappa shape index (κ3) is 1.18. The second-order valence-corrected chi connectivity index (χ2v) is 3.51. The Morgan fingerprint density at radius 2 is 2.23 bits per heavy atom. The molecule has 0 saturated heterocycles. The van der Waals surface area contributed by atoms with Gasteiger partial charge in [-0.15, -0.1) is 0 Å². The Labute approximate surface area is 77.0 Å². The summed E-state index contributed by atoms with van der Waals surface area (Å²) in [5.41, 5.74) is 2.22. The fraction of sp³-hybridized carbons (Fsp3) is 0.444. The summed E-state index contributed by atoms with van der Waals surface area (Å²) in [6, 6.07) is 0.0394. The molecule has 0 radical (unpaired) electrons. The molecule has 2 N–H and O–H groups in total. The molecular formula is C9H12N4. The molecule has 0 saturated carbocycles. The molecule has 4 nitrogen and oxygen atoms in total. The molecule has 0 bridgehead atoms. The third-order valence-electron chi connectivity index (χ3n) is 2.22. The Bertz CT molecular complexity index is 336. The maximum absolute atomic E-state index is 7.62. The van der Waals surface area contributed by atoms with Crippen LogP contribution in [0.2, 0.25) is 0 Å². The first-order chi connectivity index (χ1) is 6.20. The van der Waals surface area contributed by atoms with Gasteiger partial charge in [-0.3, -0.25) is 5.41 Å². The van der Waals surface area contributed by atoms with E-state index in [0.717, 1.165) is 11.4 Å². The van der Waals surface area contributed by atoms with Crippen molar-refractivity contribution in [3.63, 3.8) is 0 Å². The summed E-state index contributed by atoms with van der Waals surface area (Å²) < 4.78 is 0. The number of fused-ring (bicyclic) bond motifs is 1. The van der Waals surface area contributed by atoms with Crippen molar-refractivity contribution in [3.8, 4) is 0 Å². The fourth-order valence-corrected chi connectivity index (χ4v) is 1.50. The van der Waals surface area contributed by atoms with Gasteiger partial charge in [-0.2, -0.15) is 10.2 Å². The smallest absolute Gasteiger partial charge is 0.116 e. The van der Waals surface area contributed by atoms with Crippen LogP contribution in [0.25, 0.3) is 0 Å². The lowest BCUT2D eigenvalue weighted by Crippen LogP contribution is -2.45. The van der Waals surface area contributed by atoms with E-state index in [1.54, 1.807) is 12.3 Å². The minimum Gasteiger partial charge on any atom is -0.378 e. The number of nitrogens with one attached hydrogen (secondary N) is 2. The van der Waals surface area contributed by atoms with E-state index < -0.39 is 0 Å². The highest BCUT2D eigenvalue weighted by Gasteiger charge is 2.31. The lowest BCUT2D eigenvalue weighted by Gasteiger charge is -2.20. The topological polar surface area (TPSA) is 60.6 Å². The summed E-state index contributed by atoms with van der Waals surface area (Å²) in [5, 5.41) is 18.9. The molecule has 13 heavy (non-hydrogen) atoms. The fourth-order valence-electron chi connectivity index (χ4n) is 1.50. The van der Waals surface area contributed by atoms with Crippen molar-refractivity contribution in [2.45, 2.75) is 19.9 Å². The highest BCUT2D eigenvalue weighted by molar-refractivity contribution is 6.52. The van der Waals surface area contributed by atoms with Gasteiger partial charge in [0.25, 0.3) is 0 Å². The lowest BCUT2D eigenvalue weighted by atomic mass is 9.94. The van der Waals surface area contributed by atoms with Gasteiger partial charge in [0.2, 0.25) is 0 Å². The van der Waals surface area contributed by atoms with Gasteiger partial charge < -0.3 is 5.32 Å². The van der Waals surface area contributed by atoms with Crippen LogP contribution in [0.15, 0.2) is 22.5 Å². The van der Waals surface area contributed by atoms with Crippen LogP contribution in [0.1, 0.15) is 13.8 Å². The number of rotatable bonds is 1. The lowest BCUT2D eigenvalue weighted by molar-refractivity contribution is 0.808. The summed E-state index contributed by atoms with van der Waals surface area (Å²) in [5.74, 6) is 0.373. The van der Waals surface area contributed by atoms with E-state index in [1.807, 2.05) is 0 Å². The van der Waals surface area contributed by atoms with Gasteiger partial charge >= 0.3 is 0 Å². The predicted octanol–water partition coefficient (Wildman–Crippen LogP) is 0.958. The van der Waals surface area contributed by atoms with E-state index >= 15 is 0 Å². The molecule has 0 fully saturated rings. The predicted molar refractivity (Wildman–Crippen MR) is 53.5 cm³/mol. The van der Waals surface area contributed by atoms with Gasteiger partial charge in [0.05, 0.1) is 11.4 Å². The van der Waals surface area contributed by atoms with Gasteiger partial charge in [-0.25, -0.2) is 0 Å². The maximum atomic E-state index is 7.62. The van der Waals surface area contributed by atoms with Gasteiger partial charge in [0.15, 0.2) is 0 Å². The first-order valence-corrected chi connectivity index (χ1v) is 4.37. The molecule has 0 aliphatic carbocycles. The van der Waals surface area contributed by atoms with E-state index in [-0.39, 0.29) is 6.04 Å². The molecule has 1 atom stereocenters. The normalized spacial score (nSPS) is 25.5. The highest BCUT2D eigenvalue weighted by Crippen LogP contribution is 2.14. The molecule has 1 unspecified atom stereocenters. The molecule has 0 aromatic carbocycles. The summed E-state index contributed by atoms with van der Waals surface area (Å²) in [6.07, 6.45) is 3.49. The van der Waals surface area contributed by atoms with Crippen molar-refractivity contribution in [2.24, 2.45) is 16.1 Å². The zero-order valence-electron chi connectivity index (χ0n) is 7.70. The van der Waals surface area contributed by atoms with E-state index in [1.165, 1.54) is 0 Å². The van der Waals surface area contributed by atoms with Crippen LogP contribution in [0, 0.1) is 11.3 Å². The molecule has 68 valence electrons. The van der Waals surface area contributed by atoms with Crippen molar-refractivity contribution in [2.75, 3.05) is 0 Å². The number of hydrogen-bond acceptors (Lipinski definition) is 4. The van der Waals surface area contributed by atoms with Crippen LogP contribution in [0.3, 0.4) is 0 Å². The van der Waals surface area contributed by atoms with Crippen LogP contribution in [-0.2, 0) is 0 Å². The average molecular weight is 176 g/mol. The Morgan fingerprint density at radius 1 is 1.46 bits per heavy atom. The maximum Gasteiger partial charge on any atom is 0.116 e. The largest absolute Gasteiger partial charge is 0.378 e. The van der Waals surface area contributed by atoms with E-state index in [9.17, 15) is 0 Å². The Balaban J connectivity index is 2.29. The van der Waals surface area contributed by atoms with E-state index in [4.69, 9.17) is 5.41 Å². The van der Waals surface area contributed by atoms with Crippen molar-refractivity contribution in [3.05, 3.63) is 12.3 Å². The van der Waals surface area contributed by atoms with Crippen LogP contribution in [0.5, 0.6) is 0 Å². The first kappa shape index (κ1) is 8.16. The van der Waals surface area contributed by atoms with Crippen molar-refractivity contribution < 1.29 is 0 Å². The van der Waals surface area contributed by atoms with Gasteiger partial charge in [0, 0.05) is 0 Å². The SMILES string of the molecule is CC(C)C1=NN=C2C(=N)C=CNC21. The van der Waals surface area contributed by atoms with Crippen molar-refractivity contribution in [1.82, 2.24) is 5.32 Å². The number of hydrogen-bond donors (Lipinski definition) is 2. The summed E-state index contributed by atoms with van der Waals surface area (Å²) in [6.45, 7) is 4.17. The van der Waals surface area contributed by atoms with Gasteiger partial charge in [0.1, 0.15) is 11.8 Å². The standard InChI is InChI=1S/C9H12N4/c1-5(2)7-9-8(13-12-7)6(10)3-4-11-9/h3-5,9-11H,1-2H3. The summed E-state index contributed by atoms with van der Waals surface area (Å²) in [4.78, 5) is 0. The van der Waals surface area contributed by atoms with Gasteiger partial charge in [-0.1, -0.05) is 13.8 Å². The molecule has 0 spiro atoms. The highest BCUT2D eigenvalue weighted by atomic mass is 15.3. The molecule has 0 aromatic heterocycles. The van der Waals surface area contributed by atoms with Crippen LogP contribution in [0.4, 0.5) is 0 Å². The van der Waals surface area contributed by atoms with Crippen LogP contribution in [-0.4, -0.2) is 23.2 Å². The minimum atomic E-state index is 0.0394. The minimum absolute atomic E-state index is 0.0394. The van der Waals surface area contributed by atoms with Crippen molar-refractivity contribution in [1.29, 1.82) is 5.41 Å². The average Bonchev–Trinajstić information content (AvgIpc) is 2.48. The first-order valence-electron chi connectivity index (χ1n) is 4.37. The monoisotopic (exact) mass is 176 g/mol. The molecular weight excluding hydrogens is 164 g/mol. The molecule has 2 aliphatic rings. The second kappa shape index (κ2) is 2.80. The van der Waals surface area contributed by atoms with Crippen molar-refractivity contribution >= 4 is 17.1 Å². The summed E-state index contributed by atoms with van der Waals surface area (Å²) in [7, 11) is 0. The molecule has 2 rings (SSSR count). The number of nitrogens with zero attached hydrogens (tertiary/aromatic N) is 2. The Kier molecular flexibility index (Phi) is 1.76. The zero-order chi connectivity index (χ0) is 9.42. The molecule has 4 heteroatoms. The second-order valence-electron chi connectivity index (χ2n) is 3.51. The number of allylic oxidation sites excluding steroid dienone is 1. The van der Waals surface area contributed by atoms with E-state index in [0.29, 0.717) is 11.6 Å². The van der Waals surface area contributed by atoms with Gasteiger partial charge in [-0.05, 0) is 18.2 Å². The third-order valence-corrected chi connectivity index (χ3v) is 2.22. The Hall–Kier alpha value is -1.45. The van der Waals surface area contributed by atoms with Crippen LogP contribution < -0.4 is 5.32 Å². The molecule has 2 aliphatic heterocycles. The Morgan fingerprint density at radius 3 is 2.92 bits per heavy atom. The summed E-state index contributed by atoms with van der Waals surface area (Å²) >= 11 is 0. The molecule has 0 aromatic rings. The molecule has 0 amide bonds. The van der Waals surface area contributed by atoms with Crippen LogP contribution >= 0.6 is 0 Å². The zero-order valence-corrected chi connectivity index (χ0v) is 7.70. The quantitative estimate of drug-likeness (QED) is 0.614.